The summed E-state index contributed by atoms with van der Waals surface area (Å²) < 4.78 is 5.38. The van der Waals surface area contributed by atoms with Crippen LogP contribution in [0.1, 0.15) is 26.0 Å². The smallest absolute Gasteiger partial charge is 0.137 e. The van der Waals surface area contributed by atoms with Crippen molar-refractivity contribution in [2.24, 2.45) is 0 Å². The van der Waals surface area contributed by atoms with E-state index < -0.39 is 0 Å². The molecule has 0 saturated heterocycles. The van der Waals surface area contributed by atoms with Gasteiger partial charge in [0.05, 0.1) is 6.20 Å². The molecule has 3 nitrogen and oxygen atoms in total. The Morgan fingerprint density at radius 3 is 2.47 bits per heavy atom. The van der Waals surface area contributed by atoms with Gasteiger partial charge in [-0.2, -0.15) is 0 Å². The molecule has 1 N–H and O–H groups in total. The summed E-state index contributed by atoms with van der Waals surface area (Å²) in [7, 11) is 1.90. The summed E-state index contributed by atoms with van der Waals surface area (Å²) in [5, 5.41) is 3.00. The second kappa shape index (κ2) is 9.46. The molecule has 0 radical (unpaired) electrons. The van der Waals surface area contributed by atoms with E-state index >= 15 is 0 Å². The molecule has 3 heteroatoms. The SMILES string of the molecule is CCC.CNCCOc1ccc(C)nc1. The van der Waals surface area contributed by atoms with Gasteiger partial charge in [0.1, 0.15) is 12.4 Å². The minimum absolute atomic E-state index is 0.682. The summed E-state index contributed by atoms with van der Waals surface area (Å²) in [6.07, 6.45) is 2.99. The minimum atomic E-state index is 0.682. The molecular formula is C12H22N2O. The van der Waals surface area contributed by atoms with Crippen LogP contribution in [0.5, 0.6) is 5.75 Å². The van der Waals surface area contributed by atoms with Crippen molar-refractivity contribution in [1.82, 2.24) is 10.3 Å². The second-order valence-electron chi connectivity index (χ2n) is 3.29. The van der Waals surface area contributed by atoms with Crippen molar-refractivity contribution in [2.45, 2.75) is 27.2 Å². The van der Waals surface area contributed by atoms with Crippen LogP contribution in [0.2, 0.25) is 0 Å². The Labute approximate surface area is 92.9 Å². The van der Waals surface area contributed by atoms with Crippen LogP contribution in [0.4, 0.5) is 0 Å². The topological polar surface area (TPSA) is 34.1 Å². The van der Waals surface area contributed by atoms with Gasteiger partial charge in [0.25, 0.3) is 0 Å². The number of ether oxygens (including phenoxy) is 1. The van der Waals surface area contributed by atoms with E-state index in [1.165, 1.54) is 6.42 Å². The van der Waals surface area contributed by atoms with Crippen molar-refractivity contribution in [2.75, 3.05) is 20.2 Å². The molecule has 0 atom stereocenters. The van der Waals surface area contributed by atoms with E-state index in [0.29, 0.717) is 6.61 Å². The van der Waals surface area contributed by atoms with E-state index in [-0.39, 0.29) is 0 Å². The van der Waals surface area contributed by atoms with Gasteiger partial charge in [-0.05, 0) is 26.1 Å². The molecular weight excluding hydrogens is 188 g/mol. The van der Waals surface area contributed by atoms with Crippen LogP contribution in [0.25, 0.3) is 0 Å². The van der Waals surface area contributed by atoms with Crippen molar-refractivity contribution < 1.29 is 4.74 Å². The Kier molecular flexibility index (Phi) is 8.78. The van der Waals surface area contributed by atoms with Gasteiger partial charge in [-0.15, -0.1) is 0 Å². The third kappa shape index (κ3) is 7.94. The van der Waals surface area contributed by atoms with E-state index in [4.69, 9.17) is 4.74 Å². The maximum atomic E-state index is 5.38. The molecule has 0 aromatic carbocycles. The Bertz CT molecular complexity index is 234. The van der Waals surface area contributed by atoms with Crippen molar-refractivity contribution >= 4 is 0 Å². The van der Waals surface area contributed by atoms with E-state index in [0.717, 1.165) is 18.0 Å². The Hall–Kier alpha value is -1.09. The zero-order valence-electron chi connectivity index (χ0n) is 10.2. The molecule has 0 aliphatic heterocycles. The first kappa shape index (κ1) is 13.9. The lowest BCUT2D eigenvalue weighted by atomic mass is 10.4. The summed E-state index contributed by atoms with van der Waals surface area (Å²) in [6, 6.07) is 3.87. The van der Waals surface area contributed by atoms with Crippen LogP contribution in [-0.2, 0) is 0 Å². The number of likely N-dealkylation sites (N-methyl/N-ethyl adjacent to an activating group) is 1. The fourth-order valence-electron chi connectivity index (χ4n) is 0.811. The first-order valence-electron chi connectivity index (χ1n) is 5.44. The molecule has 0 saturated carbocycles. The largest absolute Gasteiger partial charge is 0.491 e. The first-order valence-corrected chi connectivity index (χ1v) is 5.44. The molecule has 1 aromatic rings. The van der Waals surface area contributed by atoms with Crippen molar-refractivity contribution in [3.05, 3.63) is 24.0 Å². The highest BCUT2D eigenvalue weighted by molar-refractivity contribution is 5.18. The Morgan fingerprint density at radius 2 is 2.00 bits per heavy atom. The highest BCUT2D eigenvalue weighted by Crippen LogP contribution is 2.07. The monoisotopic (exact) mass is 210 g/mol. The summed E-state index contributed by atoms with van der Waals surface area (Å²) in [5.74, 6) is 0.829. The number of rotatable bonds is 4. The van der Waals surface area contributed by atoms with Gasteiger partial charge < -0.3 is 10.1 Å². The summed E-state index contributed by atoms with van der Waals surface area (Å²) in [5.41, 5.74) is 1.01. The molecule has 86 valence electrons. The maximum absolute atomic E-state index is 5.38. The van der Waals surface area contributed by atoms with Crippen LogP contribution < -0.4 is 10.1 Å². The average molecular weight is 210 g/mol. The number of nitrogens with one attached hydrogen (secondary N) is 1. The molecule has 0 aliphatic carbocycles. The minimum Gasteiger partial charge on any atom is -0.491 e. The van der Waals surface area contributed by atoms with Crippen LogP contribution >= 0.6 is 0 Å². The predicted octanol–water partition coefficient (Wildman–Crippen LogP) is 2.40. The quantitative estimate of drug-likeness (QED) is 0.775. The number of pyridine rings is 1. The van der Waals surface area contributed by atoms with E-state index in [9.17, 15) is 0 Å². The lowest BCUT2D eigenvalue weighted by Gasteiger charge is -2.04. The first-order chi connectivity index (χ1) is 7.24. The standard InChI is InChI=1S/C9H14N2O.C3H8/c1-8-3-4-9(7-11-8)12-6-5-10-2;1-3-2/h3-4,7,10H,5-6H2,1-2H3;3H2,1-2H3. The van der Waals surface area contributed by atoms with Crippen molar-refractivity contribution in [3.63, 3.8) is 0 Å². The molecule has 0 aliphatic rings. The van der Waals surface area contributed by atoms with E-state index in [1.807, 2.05) is 26.1 Å². The zero-order valence-corrected chi connectivity index (χ0v) is 10.2. The number of nitrogens with zero attached hydrogens (tertiary/aromatic N) is 1. The molecule has 0 fully saturated rings. The molecule has 1 heterocycles. The average Bonchev–Trinajstić information content (AvgIpc) is 2.23. The van der Waals surface area contributed by atoms with Gasteiger partial charge in [-0.3, -0.25) is 4.98 Å². The van der Waals surface area contributed by atoms with Gasteiger partial charge in [-0.1, -0.05) is 20.3 Å². The van der Waals surface area contributed by atoms with Crippen molar-refractivity contribution in [3.8, 4) is 5.75 Å². The Morgan fingerprint density at radius 1 is 1.33 bits per heavy atom. The highest BCUT2D eigenvalue weighted by atomic mass is 16.5. The normalized spacial score (nSPS) is 9.07. The molecule has 15 heavy (non-hydrogen) atoms. The molecule has 0 spiro atoms. The molecule has 0 unspecified atom stereocenters. The van der Waals surface area contributed by atoms with Gasteiger partial charge in [0.15, 0.2) is 0 Å². The fraction of sp³-hybridized carbons (Fsp3) is 0.583. The molecule has 0 bridgehead atoms. The summed E-state index contributed by atoms with van der Waals surface area (Å²) >= 11 is 0. The third-order valence-corrected chi connectivity index (χ3v) is 1.51. The highest BCUT2D eigenvalue weighted by Gasteiger charge is 1.91. The third-order valence-electron chi connectivity index (χ3n) is 1.51. The van der Waals surface area contributed by atoms with Gasteiger partial charge in [0.2, 0.25) is 0 Å². The van der Waals surface area contributed by atoms with Crippen LogP contribution in [-0.4, -0.2) is 25.2 Å². The summed E-state index contributed by atoms with van der Waals surface area (Å²) in [6.45, 7) is 7.74. The fourth-order valence-corrected chi connectivity index (χ4v) is 0.811. The lowest BCUT2D eigenvalue weighted by molar-refractivity contribution is 0.317. The second-order valence-corrected chi connectivity index (χ2v) is 3.29. The van der Waals surface area contributed by atoms with E-state index in [1.54, 1.807) is 6.20 Å². The number of aromatic nitrogens is 1. The molecule has 1 rings (SSSR count). The molecule has 0 amide bonds. The van der Waals surface area contributed by atoms with Gasteiger partial charge >= 0.3 is 0 Å². The Balaban J connectivity index is 0.000000583. The molecule has 1 aromatic heterocycles. The lowest BCUT2D eigenvalue weighted by Crippen LogP contribution is -2.15. The van der Waals surface area contributed by atoms with Gasteiger partial charge in [0, 0.05) is 12.2 Å². The van der Waals surface area contributed by atoms with Crippen LogP contribution in [0.15, 0.2) is 18.3 Å². The van der Waals surface area contributed by atoms with Crippen molar-refractivity contribution in [1.29, 1.82) is 0 Å². The van der Waals surface area contributed by atoms with Crippen LogP contribution in [0.3, 0.4) is 0 Å². The van der Waals surface area contributed by atoms with Crippen LogP contribution in [0, 0.1) is 6.92 Å². The summed E-state index contributed by atoms with van der Waals surface area (Å²) in [4.78, 5) is 4.11. The number of hydrogen-bond donors (Lipinski definition) is 1. The number of aryl methyl sites for hydroxylation is 1. The maximum Gasteiger partial charge on any atom is 0.137 e. The van der Waals surface area contributed by atoms with E-state index in [2.05, 4.69) is 24.1 Å². The van der Waals surface area contributed by atoms with Gasteiger partial charge in [-0.25, -0.2) is 0 Å². The zero-order chi connectivity index (χ0) is 11.5. The predicted molar refractivity (Wildman–Crippen MR) is 64.4 cm³/mol. The number of hydrogen-bond acceptors (Lipinski definition) is 3.